The van der Waals surface area contributed by atoms with Crippen LogP contribution in [0.25, 0.3) is 0 Å². The molecule has 1 aliphatic heterocycles. The van der Waals surface area contributed by atoms with Crippen LogP contribution < -0.4 is 0 Å². The molecule has 0 spiro atoms. The Morgan fingerprint density at radius 1 is 1.38 bits per heavy atom. The summed E-state index contributed by atoms with van der Waals surface area (Å²) in [4.78, 5) is 20.9. The van der Waals surface area contributed by atoms with Gasteiger partial charge in [-0.2, -0.15) is 0 Å². The first-order valence-corrected chi connectivity index (χ1v) is 5.78. The maximum Gasteiger partial charge on any atom is 0.167 e. The topological polar surface area (TPSA) is 52.6 Å². The van der Waals surface area contributed by atoms with Gasteiger partial charge in [-0.1, -0.05) is 0 Å². The highest BCUT2D eigenvalue weighted by molar-refractivity contribution is 7.46. The zero-order chi connectivity index (χ0) is 9.73. The second kappa shape index (κ2) is 4.80. The summed E-state index contributed by atoms with van der Waals surface area (Å²) in [5.41, 5.74) is -0.581. The van der Waals surface area contributed by atoms with Gasteiger partial charge in [-0.05, 0) is 0 Å². The van der Waals surface area contributed by atoms with E-state index in [0.29, 0.717) is 13.0 Å². The Hall–Kier alpha value is -0.310. The van der Waals surface area contributed by atoms with Crippen LogP contribution in [0.4, 0.5) is 0 Å². The summed E-state index contributed by atoms with van der Waals surface area (Å²) in [6.07, 6.45) is 2.79. The van der Waals surface area contributed by atoms with Crippen molar-refractivity contribution in [2.24, 2.45) is 0 Å². The van der Waals surface area contributed by atoms with Crippen molar-refractivity contribution in [3.63, 3.8) is 0 Å². The number of rotatable bonds is 4. The van der Waals surface area contributed by atoms with Crippen LogP contribution in [0, 0.1) is 0 Å². The quantitative estimate of drug-likeness (QED) is 0.511. The molecule has 5 heteroatoms. The molecular weight excluding hydrogens is 191 g/mol. The van der Waals surface area contributed by atoms with Gasteiger partial charge >= 0.3 is 0 Å². The van der Waals surface area contributed by atoms with Crippen LogP contribution in [0.5, 0.6) is 0 Å². The molecule has 0 aromatic rings. The first-order chi connectivity index (χ1) is 6.22. The third-order valence-electron chi connectivity index (χ3n) is 2.06. The number of hydrogen-bond acceptors (Lipinski definition) is 4. The van der Waals surface area contributed by atoms with Crippen LogP contribution in [0.15, 0.2) is 0 Å². The average Bonchev–Trinajstić information content (AvgIpc) is 2.04. The zero-order valence-corrected chi connectivity index (χ0v) is 8.46. The van der Waals surface area contributed by atoms with Gasteiger partial charge in [0.2, 0.25) is 0 Å². The van der Waals surface area contributed by atoms with Crippen LogP contribution in [0.1, 0.15) is 19.3 Å². The first kappa shape index (κ1) is 10.8. The number of hydrogen-bond donors (Lipinski definition) is 0. The van der Waals surface area contributed by atoms with Crippen LogP contribution in [0.2, 0.25) is 0 Å². The Labute approximate surface area is 78.5 Å². The Kier molecular flexibility index (Phi) is 3.97. The highest BCUT2D eigenvalue weighted by Gasteiger charge is 2.36. The van der Waals surface area contributed by atoms with Gasteiger partial charge in [0, 0.05) is 25.9 Å². The van der Waals surface area contributed by atoms with Crippen molar-refractivity contribution in [2.75, 3.05) is 13.3 Å². The van der Waals surface area contributed by atoms with Crippen LogP contribution >= 0.6 is 8.38 Å². The molecule has 0 aromatic heterocycles. The summed E-state index contributed by atoms with van der Waals surface area (Å²) in [5.74, 6) is 0. The molecule has 0 N–H and O–H groups in total. The molecular formula is C8H13O4P. The van der Waals surface area contributed by atoms with E-state index in [2.05, 4.69) is 0 Å². The molecule has 0 aliphatic carbocycles. The zero-order valence-electron chi connectivity index (χ0n) is 7.56. The van der Waals surface area contributed by atoms with E-state index in [9.17, 15) is 9.59 Å². The summed E-state index contributed by atoms with van der Waals surface area (Å²) in [5, 5.41) is 0. The Morgan fingerprint density at radius 2 is 2.00 bits per heavy atom. The predicted molar refractivity (Wildman–Crippen MR) is 48.6 cm³/mol. The van der Waals surface area contributed by atoms with Crippen molar-refractivity contribution < 1.29 is 18.6 Å². The van der Waals surface area contributed by atoms with E-state index in [4.69, 9.17) is 9.05 Å². The van der Waals surface area contributed by atoms with E-state index in [0.717, 1.165) is 12.6 Å². The molecule has 0 radical (unpaired) electrons. The maximum atomic E-state index is 10.4. The summed E-state index contributed by atoms with van der Waals surface area (Å²) < 4.78 is 10.8. The Morgan fingerprint density at radius 3 is 2.46 bits per heavy atom. The molecule has 1 unspecified atom stereocenters. The molecule has 1 fully saturated rings. The SMILES string of the molecule is CP1OCCC(CC=O)(CC=O)O1. The van der Waals surface area contributed by atoms with Crippen molar-refractivity contribution >= 4 is 20.9 Å². The molecule has 1 atom stereocenters. The highest BCUT2D eigenvalue weighted by atomic mass is 31.2. The normalized spacial score (nSPS) is 26.7. The minimum Gasteiger partial charge on any atom is -0.334 e. The van der Waals surface area contributed by atoms with E-state index in [1.54, 1.807) is 0 Å². The van der Waals surface area contributed by atoms with Crippen molar-refractivity contribution in [1.82, 2.24) is 0 Å². The second-order valence-electron chi connectivity index (χ2n) is 3.04. The summed E-state index contributed by atoms with van der Waals surface area (Å²) in [7, 11) is -0.920. The van der Waals surface area contributed by atoms with E-state index < -0.39 is 14.0 Å². The van der Waals surface area contributed by atoms with Crippen LogP contribution in [0.3, 0.4) is 0 Å². The van der Waals surface area contributed by atoms with Crippen molar-refractivity contribution in [2.45, 2.75) is 24.9 Å². The van der Waals surface area contributed by atoms with Gasteiger partial charge in [0.1, 0.15) is 12.6 Å². The predicted octanol–water partition coefficient (Wildman–Crippen LogP) is 1.28. The molecule has 0 aromatic carbocycles. The number of carbonyl (C=O) groups excluding carboxylic acids is 2. The van der Waals surface area contributed by atoms with E-state index >= 15 is 0 Å². The molecule has 1 heterocycles. The van der Waals surface area contributed by atoms with Gasteiger partial charge in [-0.15, -0.1) is 0 Å². The van der Waals surface area contributed by atoms with Gasteiger partial charge < -0.3 is 18.6 Å². The first-order valence-electron chi connectivity index (χ1n) is 4.15. The van der Waals surface area contributed by atoms with Gasteiger partial charge in [0.25, 0.3) is 0 Å². The lowest BCUT2D eigenvalue weighted by molar-refractivity contribution is -0.117. The van der Waals surface area contributed by atoms with E-state index in [-0.39, 0.29) is 12.8 Å². The lowest BCUT2D eigenvalue weighted by atomic mass is 9.93. The monoisotopic (exact) mass is 204 g/mol. The minimum absolute atomic E-state index is 0.280. The Balaban J connectivity index is 2.63. The number of aldehydes is 2. The smallest absolute Gasteiger partial charge is 0.167 e. The number of carbonyl (C=O) groups is 2. The van der Waals surface area contributed by atoms with Gasteiger partial charge in [-0.3, -0.25) is 0 Å². The summed E-state index contributed by atoms with van der Waals surface area (Å²) >= 11 is 0. The fraction of sp³-hybridized carbons (Fsp3) is 0.750. The van der Waals surface area contributed by atoms with Gasteiger partial charge in [-0.25, -0.2) is 0 Å². The summed E-state index contributed by atoms with van der Waals surface area (Å²) in [6.45, 7) is 2.41. The Bertz CT molecular complexity index is 185. The molecule has 74 valence electrons. The standard InChI is InChI=1S/C8H13O4P/c1-13-11-7-4-8(12-13,2-5-9)3-6-10/h5-6H,2-4,7H2,1H3. The molecule has 13 heavy (non-hydrogen) atoms. The maximum absolute atomic E-state index is 10.4. The fourth-order valence-electron chi connectivity index (χ4n) is 1.37. The lowest BCUT2D eigenvalue weighted by Gasteiger charge is -2.37. The van der Waals surface area contributed by atoms with Crippen molar-refractivity contribution in [3.8, 4) is 0 Å². The fourth-order valence-corrected chi connectivity index (χ4v) is 2.56. The third-order valence-corrected chi connectivity index (χ3v) is 3.25. The van der Waals surface area contributed by atoms with Gasteiger partial charge in [0.15, 0.2) is 8.38 Å². The molecule has 4 nitrogen and oxygen atoms in total. The molecule has 1 saturated heterocycles. The second-order valence-corrected chi connectivity index (χ2v) is 4.36. The molecule has 1 aliphatic rings. The van der Waals surface area contributed by atoms with Crippen LogP contribution in [-0.4, -0.2) is 31.4 Å². The molecule has 0 saturated carbocycles. The average molecular weight is 204 g/mol. The van der Waals surface area contributed by atoms with Gasteiger partial charge in [0.05, 0.1) is 12.2 Å². The lowest BCUT2D eigenvalue weighted by Crippen LogP contribution is -2.36. The molecule has 1 rings (SSSR count). The van der Waals surface area contributed by atoms with Crippen LogP contribution in [-0.2, 0) is 18.6 Å². The largest absolute Gasteiger partial charge is 0.334 e. The minimum atomic E-state index is -0.920. The molecule has 0 amide bonds. The van der Waals surface area contributed by atoms with E-state index in [1.807, 2.05) is 6.66 Å². The third kappa shape index (κ3) is 2.83. The molecule has 0 bridgehead atoms. The summed E-state index contributed by atoms with van der Waals surface area (Å²) in [6, 6.07) is 0. The van der Waals surface area contributed by atoms with E-state index in [1.165, 1.54) is 0 Å². The van der Waals surface area contributed by atoms with Crippen molar-refractivity contribution in [3.05, 3.63) is 0 Å². The van der Waals surface area contributed by atoms with Crippen molar-refractivity contribution in [1.29, 1.82) is 0 Å². The highest BCUT2D eigenvalue weighted by Crippen LogP contribution is 2.46.